The van der Waals surface area contributed by atoms with Crippen LogP contribution in [0.15, 0.2) is 40.8 Å². The number of aromatic nitrogens is 3. The maximum Gasteiger partial charge on any atom is 0.220 e. The second-order valence-electron chi connectivity index (χ2n) is 5.69. The summed E-state index contributed by atoms with van der Waals surface area (Å²) in [6.07, 6.45) is 9.09. The zero-order valence-electron chi connectivity index (χ0n) is 13.2. The number of amides is 1. The molecule has 1 amide bonds. The van der Waals surface area contributed by atoms with Crippen LogP contribution < -0.4 is 5.32 Å². The van der Waals surface area contributed by atoms with Gasteiger partial charge in [-0.05, 0) is 5.56 Å². The Bertz CT molecular complexity index is 751. The minimum Gasteiger partial charge on any atom is -0.352 e. The molecular formula is C17H18N6O. The van der Waals surface area contributed by atoms with Gasteiger partial charge in [-0.3, -0.25) is 9.89 Å². The number of hydrogen-bond acceptors (Lipinski definition) is 5. The van der Waals surface area contributed by atoms with Crippen LogP contribution in [-0.2, 0) is 11.3 Å². The number of benzene rings is 1. The summed E-state index contributed by atoms with van der Waals surface area (Å²) in [5.74, 6) is 3.30. The molecule has 0 aliphatic carbocycles. The van der Waals surface area contributed by atoms with Gasteiger partial charge in [-0.1, -0.05) is 24.3 Å². The number of aromatic amines is 1. The lowest BCUT2D eigenvalue weighted by atomic mass is 10.0. The fourth-order valence-corrected chi connectivity index (χ4v) is 2.40. The minimum absolute atomic E-state index is 0.00769. The van der Waals surface area contributed by atoms with Gasteiger partial charge in [-0.25, -0.2) is 4.98 Å². The molecule has 0 atom stereocenters. The summed E-state index contributed by atoms with van der Waals surface area (Å²) in [4.78, 5) is 16.1. The Morgan fingerprint density at radius 3 is 2.67 bits per heavy atom. The van der Waals surface area contributed by atoms with Crippen LogP contribution in [0.1, 0.15) is 31.2 Å². The molecule has 0 saturated carbocycles. The van der Waals surface area contributed by atoms with Gasteiger partial charge in [0, 0.05) is 37.8 Å². The van der Waals surface area contributed by atoms with Crippen LogP contribution in [-0.4, -0.2) is 26.8 Å². The fourth-order valence-electron chi connectivity index (χ4n) is 2.40. The van der Waals surface area contributed by atoms with E-state index >= 15 is 0 Å². The third kappa shape index (κ3) is 4.04. The van der Waals surface area contributed by atoms with Crippen LogP contribution in [0, 0.1) is 12.3 Å². The number of rotatable bonds is 8. The van der Waals surface area contributed by atoms with Crippen molar-refractivity contribution < 1.29 is 4.79 Å². The Morgan fingerprint density at radius 1 is 1.25 bits per heavy atom. The van der Waals surface area contributed by atoms with Gasteiger partial charge in [0.1, 0.15) is 6.33 Å². The number of terminal acetylenes is 1. The Hall–Kier alpha value is -3.01. The number of H-pyrrole nitrogens is 1. The van der Waals surface area contributed by atoms with Crippen molar-refractivity contribution in [3.8, 4) is 23.7 Å². The molecule has 1 aliphatic rings. The first-order chi connectivity index (χ1) is 11.7. The molecular weight excluding hydrogens is 304 g/mol. The molecule has 1 aromatic heterocycles. The molecule has 2 N–H and O–H groups in total. The molecule has 122 valence electrons. The van der Waals surface area contributed by atoms with E-state index in [4.69, 9.17) is 6.42 Å². The first-order valence-corrected chi connectivity index (χ1v) is 7.80. The summed E-state index contributed by atoms with van der Waals surface area (Å²) in [6.45, 7) is 0.487. The summed E-state index contributed by atoms with van der Waals surface area (Å²) < 4.78 is 0. The Balaban J connectivity index is 1.42. The predicted octanol–water partition coefficient (Wildman–Crippen LogP) is 2.44. The fraction of sp³-hybridized carbons (Fsp3) is 0.353. The number of nitrogens with zero attached hydrogens (tertiary/aromatic N) is 4. The average molecular weight is 322 g/mol. The molecule has 0 spiro atoms. The largest absolute Gasteiger partial charge is 0.352 e. The summed E-state index contributed by atoms with van der Waals surface area (Å²) in [7, 11) is 0. The average Bonchev–Trinajstić information content (AvgIpc) is 3.17. The smallest absolute Gasteiger partial charge is 0.220 e. The summed E-state index contributed by atoms with van der Waals surface area (Å²) in [5.41, 5.74) is 1.58. The highest BCUT2D eigenvalue weighted by atomic mass is 16.1. The topological polar surface area (TPSA) is 95.4 Å². The van der Waals surface area contributed by atoms with E-state index in [0.717, 1.165) is 23.4 Å². The van der Waals surface area contributed by atoms with Crippen molar-refractivity contribution >= 4 is 5.91 Å². The Morgan fingerprint density at radius 2 is 2.04 bits per heavy atom. The van der Waals surface area contributed by atoms with Crippen LogP contribution in [0.5, 0.6) is 0 Å². The molecule has 0 radical (unpaired) electrons. The van der Waals surface area contributed by atoms with Gasteiger partial charge in [0.15, 0.2) is 11.5 Å². The van der Waals surface area contributed by atoms with Gasteiger partial charge in [0.25, 0.3) is 0 Å². The zero-order valence-corrected chi connectivity index (χ0v) is 13.2. The molecule has 2 heterocycles. The van der Waals surface area contributed by atoms with Crippen LogP contribution in [0.2, 0.25) is 0 Å². The van der Waals surface area contributed by atoms with Crippen LogP contribution in [0.3, 0.4) is 0 Å². The lowest BCUT2D eigenvalue weighted by Gasteiger charge is -2.09. The molecule has 7 nitrogen and oxygen atoms in total. The quantitative estimate of drug-likeness (QED) is 0.731. The van der Waals surface area contributed by atoms with Gasteiger partial charge in [-0.15, -0.1) is 12.3 Å². The van der Waals surface area contributed by atoms with Gasteiger partial charge in [-0.2, -0.15) is 15.3 Å². The maximum atomic E-state index is 12.0. The van der Waals surface area contributed by atoms with E-state index in [-0.39, 0.29) is 5.91 Å². The number of carbonyl (C=O) groups excluding carboxylic acids is 1. The van der Waals surface area contributed by atoms with E-state index in [1.807, 2.05) is 24.3 Å². The van der Waals surface area contributed by atoms with Crippen molar-refractivity contribution in [3.63, 3.8) is 0 Å². The normalized spacial score (nSPS) is 14.1. The molecule has 0 bridgehead atoms. The van der Waals surface area contributed by atoms with E-state index < -0.39 is 5.66 Å². The molecule has 3 rings (SSSR count). The lowest BCUT2D eigenvalue weighted by molar-refractivity contribution is -0.121. The van der Waals surface area contributed by atoms with E-state index in [0.29, 0.717) is 25.8 Å². The maximum absolute atomic E-state index is 12.0. The number of nitrogens with one attached hydrogen (secondary N) is 2. The number of carbonyl (C=O) groups is 1. The Kier molecular flexibility index (Phi) is 4.66. The third-order valence-corrected chi connectivity index (χ3v) is 3.94. The van der Waals surface area contributed by atoms with Crippen molar-refractivity contribution in [2.24, 2.45) is 10.2 Å². The second kappa shape index (κ2) is 7.04. The molecule has 24 heavy (non-hydrogen) atoms. The monoisotopic (exact) mass is 322 g/mol. The van der Waals surface area contributed by atoms with E-state index in [9.17, 15) is 4.79 Å². The lowest BCUT2D eigenvalue weighted by Crippen LogP contribution is -2.24. The first kappa shape index (κ1) is 15.9. The SMILES string of the molecule is C#CCCC1(CCC(=O)NCc2ccc(-c3ncn[nH]3)cc2)N=N1. The standard InChI is InChI=1S/C17H18N6O/c1-2-3-9-17(22-23-17)10-8-15(24)18-11-13-4-6-14(7-5-13)16-19-12-20-21-16/h1,4-7,12H,3,8-11H2,(H,18,24)(H,19,20,21). The molecule has 0 fully saturated rings. The van der Waals surface area contributed by atoms with Crippen molar-refractivity contribution in [2.45, 2.75) is 37.9 Å². The zero-order chi connectivity index (χ0) is 16.8. The highest BCUT2D eigenvalue weighted by Crippen LogP contribution is 2.37. The highest BCUT2D eigenvalue weighted by Gasteiger charge is 2.39. The van der Waals surface area contributed by atoms with Crippen LogP contribution >= 0.6 is 0 Å². The molecule has 7 heteroatoms. The van der Waals surface area contributed by atoms with Gasteiger partial charge < -0.3 is 5.32 Å². The molecule has 1 aromatic carbocycles. The molecule has 1 aliphatic heterocycles. The van der Waals surface area contributed by atoms with Crippen molar-refractivity contribution in [2.75, 3.05) is 0 Å². The van der Waals surface area contributed by atoms with Crippen LogP contribution in [0.4, 0.5) is 0 Å². The van der Waals surface area contributed by atoms with Crippen molar-refractivity contribution in [1.29, 1.82) is 0 Å². The van der Waals surface area contributed by atoms with E-state index in [1.165, 1.54) is 6.33 Å². The molecule has 0 saturated heterocycles. The Labute approximate surface area is 140 Å². The van der Waals surface area contributed by atoms with Gasteiger partial charge in [0.2, 0.25) is 5.91 Å². The first-order valence-electron chi connectivity index (χ1n) is 7.80. The van der Waals surface area contributed by atoms with Crippen LogP contribution in [0.25, 0.3) is 11.4 Å². The molecule has 0 unspecified atom stereocenters. The molecule has 2 aromatic rings. The third-order valence-electron chi connectivity index (χ3n) is 3.94. The predicted molar refractivity (Wildman–Crippen MR) is 88.6 cm³/mol. The number of hydrogen-bond donors (Lipinski definition) is 2. The van der Waals surface area contributed by atoms with Gasteiger partial charge >= 0.3 is 0 Å². The summed E-state index contributed by atoms with van der Waals surface area (Å²) >= 11 is 0. The van der Waals surface area contributed by atoms with Crippen molar-refractivity contribution in [3.05, 3.63) is 36.2 Å². The summed E-state index contributed by atoms with van der Waals surface area (Å²) in [6, 6.07) is 7.80. The van der Waals surface area contributed by atoms with E-state index in [1.54, 1.807) is 0 Å². The van der Waals surface area contributed by atoms with Crippen molar-refractivity contribution in [1.82, 2.24) is 20.5 Å². The van der Waals surface area contributed by atoms with Gasteiger partial charge in [0.05, 0.1) is 0 Å². The van der Waals surface area contributed by atoms with E-state index in [2.05, 4.69) is 36.6 Å². The summed E-state index contributed by atoms with van der Waals surface area (Å²) in [5, 5.41) is 17.6. The minimum atomic E-state index is -0.400. The highest BCUT2D eigenvalue weighted by molar-refractivity contribution is 5.76. The second-order valence-corrected chi connectivity index (χ2v) is 5.69.